The summed E-state index contributed by atoms with van der Waals surface area (Å²) in [5.74, 6) is -0.945. The van der Waals surface area contributed by atoms with E-state index in [9.17, 15) is 14.7 Å². The van der Waals surface area contributed by atoms with Gasteiger partial charge >= 0.3 is 0 Å². The molecule has 3 unspecified atom stereocenters. The van der Waals surface area contributed by atoms with E-state index in [0.717, 1.165) is 5.57 Å². The van der Waals surface area contributed by atoms with Crippen LogP contribution in [0.15, 0.2) is 54.2 Å². The fraction of sp³-hybridized carbons (Fsp3) is 0.333. The molecule has 1 aromatic rings. The van der Waals surface area contributed by atoms with Crippen LogP contribution in [0.3, 0.4) is 0 Å². The standard InChI is InChI=1S/C21H21BrO4/c1-4-13-9-10-15-19(24)12(3)11-17(23)21(15,22)18(13)14-7-6-8-16(20(14)25)26-5-2/h4,6-9,11,15,18,25H,1,5,10H2,2-3H3. The van der Waals surface area contributed by atoms with E-state index in [4.69, 9.17) is 4.74 Å². The van der Waals surface area contributed by atoms with E-state index < -0.39 is 16.2 Å². The minimum atomic E-state index is -1.15. The van der Waals surface area contributed by atoms with Gasteiger partial charge in [0.15, 0.2) is 23.1 Å². The lowest BCUT2D eigenvalue weighted by Gasteiger charge is -2.45. The zero-order chi connectivity index (χ0) is 19.1. The first-order valence-electron chi connectivity index (χ1n) is 8.59. The summed E-state index contributed by atoms with van der Waals surface area (Å²) in [4.78, 5) is 25.8. The molecule has 0 fully saturated rings. The number of alkyl halides is 1. The quantitative estimate of drug-likeness (QED) is 0.745. The Labute approximate surface area is 161 Å². The van der Waals surface area contributed by atoms with Gasteiger partial charge in [-0.2, -0.15) is 0 Å². The zero-order valence-corrected chi connectivity index (χ0v) is 16.4. The van der Waals surface area contributed by atoms with E-state index in [1.54, 1.807) is 31.2 Å². The van der Waals surface area contributed by atoms with E-state index >= 15 is 0 Å². The fourth-order valence-electron chi connectivity index (χ4n) is 3.90. The summed E-state index contributed by atoms with van der Waals surface area (Å²) in [7, 11) is 0. The van der Waals surface area contributed by atoms with Crippen molar-refractivity contribution >= 4 is 27.5 Å². The number of phenols is 1. The van der Waals surface area contributed by atoms with Crippen LogP contribution < -0.4 is 4.74 Å². The largest absolute Gasteiger partial charge is 0.504 e. The predicted octanol–water partition coefficient (Wildman–Crippen LogP) is 4.24. The van der Waals surface area contributed by atoms with Crippen LogP contribution in [0.1, 0.15) is 31.7 Å². The maximum absolute atomic E-state index is 13.0. The molecule has 1 N–H and O–H groups in total. The van der Waals surface area contributed by atoms with Crippen LogP contribution in [0.4, 0.5) is 0 Å². The Morgan fingerprint density at radius 2 is 2.15 bits per heavy atom. The van der Waals surface area contributed by atoms with Crippen LogP contribution >= 0.6 is 15.9 Å². The van der Waals surface area contributed by atoms with Gasteiger partial charge in [0.1, 0.15) is 4.32 Å². The number of carbonyl (C=O) groups is 2. The van der Waals surface area contributed by atoms with Crippen LogP contribution in [0.2, 0.25) is 0 Å². The Hall–Kier alpha value is -2.14. The van der Waals surface area contributed by atoms with Crippen LogP contribution in [-0.2, 0) is 9.59 Å². The number of allylic oxidation sites excluding steroid dienone is 5. The van der Waals surface area contributed by atoms with Gasteiger partial charge in [-0.1, -0.05) is 46.8 Å². The van der Waals surface area contributed by atoms with Crippen molar-refractivity contribution in [3.63, 3.8) is 0 Å². The van der Waals surface area contributed by atoms with Crippen molar-refractivity contribution in [1.82, 2.24) is 0 Å². The summed E-state index contributed by atoms with van der Waals surface area (Å²) >= 11 is 3.63. The van der Waals surface area contributed by atoms with Crippen LogP contribution in [-0.4, -0.2) is 27.6 Å². The number of rotatable bonds is 4. The van der Waals surface area contributed by atoms with Crippen LogP contribution in [0, 0.1) is 5.92 Å². The second-order valence-electron chi connectivity index (χ2n) is 6.58. The first-order valence-corrected chi connectivity index (χ1v) is 9.38. The Bertz CT molecular complexity index is 852. The average molecular weight is 417 g/mol. The van der Waals surface area contributed by atoms with Gasteiger partial charge in [0.25, 0.3) is 0 Å². The molecule has 0 bridgehead atoms. The smallest absolute Gasteiger partial charge is 0.174 e. The van der Waals surface area contributed by atoms with Gasteiger partial charge < -0.3 is 9.84 Å². The molecule has 0 saturated carbocycles. The molecule has 2 aliphatic rings. The topological polar surface area (TPSA) is 63.6 Å². The van der Waals surface area contributed by atoms with Crippen LogP contribution in [0.25, 0.3) is 0 Å². The van der Waals surface area contributed by atoms with Gasteiger partial charge in [-0.3, -0.25) is 9.59 Å². The third-order valence-electron chi connectivity index (χ3n) is 5.16. The normalized spacial score (nSPS) is 28.1. The number of hydrogen-bond donors (Lipinski definition) is 1. The van der Waals surface area contributed by atoms with Gasteiger partial charge in [0, 0.05) is 17.4 Å². The number of ether oxygens (including phenoxy) is 1. The first kappa shape index (κ1) is 18.6. The first-order chi connectivity index (χ1) is 12.4. The molecule has 3 rings (SSSR count). The Kier molecular flexibility index (Phi) is 4.93. The number of phenolic OH excluding ortho intramolecular Hbond substituents is 1. The number of para-hydroxylation sites is 1. The maximum atomic E-state index is 13.0. The van der Waals surface area contributed by atoms with E-state index in [-0.39, 0.29) is 17.3 Å². The number of fused-ring (bicyclic) bond motifs is 1. The Morgan fingerprint density at radius 3 is 2.81 bits per heavy atom. The monoisotopic (exact) mass is 416 g/mol. The predicted molar refractivity (Wildman–Crippen MR) is 104 cm³/mol. The van der Waals surface area contributed by atoms with Crippen molar-refractivity contribution < 1.29 is 19.4 Å². The zero-order valence-electron chi connectivity index (χ0n) is 14.8. The summed E-state index contributed by atoms with van der Waals surface area (Å²) in [6.45, 7) is 7.78. The molecule has 26 heavy (non-hydrogen) atoms. The summed E-state index contributed by atoms with van der Waals surface area (Å²) < 4.78 is 4.35. The molecule has 0 spiro atoms. The van der Waals surface area contributed by atoms with Crippen molar-refractivity contribution in [3.05, 3.63) is 59.7 Å². The van der Waals surface area contributed by atoms with Crippen molar-refractivity contribution in [2.45, 2.75) is 30.5 Å². The van der Waals surface area contributed by atoms with Gasteiger partial charge in [0.05, 0.1) is 6.61 Å². The molecule has 1 aromatic carbocycles. The number of carbonyl (C=O) groups excluding carboxylic acids is 2. The highest BCUT2D eigenvalue weighted by atomic mass is 79.9. The SMILES string of the molecule is C=CC1=CCC2C(=O)C(C)=CC(=O)C2(Br)C1c1cccc(OCC)c1O. The molecule has 2 aliphatic carbocycles. The molecule has 5 heteroatoms. The number of aromatic hydroxyl groups is 1. The fourth-order valence-corrected chi connectivity index (χ4v) is 4.92. The Balaban J connectivity index is 2.24. The molecule has 0 saturated heterocycles. The minimum Gasteiger partial charge on any atom is -0.504 e. The highest BCUT2D eigenvalue weighted by Crippen LogP contribution is 2.56. The van der Waals surface area contributed by atoms with E-state index in [0.29, 0.717) is 29.9 Å². The second-order valence-corrected chi connectivity index (χ2v) is 7.89. The lowest BCUT2D eigenvalue weighted by atomic mass is 9.62. The number of ketones is 2. The second kappa shape index (κ2) is 6.88. The lowest BCUT2D eigenvalue weighted by Crippen LogP contribution is -2.52. The summed E-state index contributed by atoms with van der Waals surface area (Å²) in [5.41, 5.74) is 1.81. The van der Waals surface area contributed by atoms with Gasteiger partial charge in [0.2, 0.25) is 0 Å². The van der Waals surface area contributed by atoms with E-state index in [2.05, 4.69) is 22.5 Å². The summed E-state index contributed by atoms with van der Waals surface area (Å²) in [6, 6.07) is 5.21. The minimum absolute atomic E-state index is 0.0156. The summed E-state index contributed by atoms with van der Waals surface area (Å²) in [5, 5.41) is 10.8. The van der Waals surface area contributed by atoms with Crippen molar-refractivity contribution in [2.75, 3.05) is 6.61 Å². The van der Waals surface area contributed by atoms with Crippen LogP contribution in [0.5, 0.6) is 11.5 Å². The van der Waals surface area contributed by atoms with Gasteiger partial charge in [-0.15, -0.1) is 0 Å². The number of halogens is 1. The molecule has 4 nitrogen and oxygen atoms in total. The highest BCUT2D eigenvalue weighted by molar-refractivity contribution is 9.10. The Morgan fingerprint density at radius 1 is 1.42 bits per heavy atom. The molecule has 3 atom stereocenters. The molecule has 0 amide bonds. The average Bonchev–Trinajstić information content (AvgIpc) is 2.62. The van der Waals surface area contributed by atoms with Crippen molar-refractivity contribution in [1.29, 1.82) is 0 Å². The number of Topliss-reactive ketones (excluding diaryl/α,β-unsaturated/α-hetero) is 1. The third kappa shape index (κ3) is 2.65. The molecule has 0 aliphatic heterocycles. The maximum Gasteiger partial charge on any atom is 0.174 e. The number of benzene rings is 1. The third-order valence-corrected chi connectivity index (χ3v) is 6.56. The van der Waals surface area contributed by atoms with Crippen molar-refractivity contribution in [3.8, 4) is 11.5 Å². The van der Waals surface area contributed by atoms with Gasteiger partial charge in [-0.25, -0.2) is 0 Å². The summed E-state index contributed by atoms with van der Waals surface area (Å²) in [6.07, 6.45) is 5.46. The number of hydrogen-bond acceptors (Lipinski definition) is 4. The molecule has 0 heterocycles. The molecular weight excluding hydrogens is 396 g/mol. The molecule has 0 radical (unpaired) electrons. The molecule has 0 aromatic heterocycles. The molecule has 136 valence electrons. The van der Waals surface area contributed by atoms with E-state index in [1.165, 1.54) is 6.08 Å². The van der Waals surface area contributed by atoms with Crippen molar-refractivity contribution in [2.24, 2.45) is 5.92 Å². The lowest BCUT2D eigenvalue weighted by molar-refractivity contribution is -0.128. The van der Waals surface area contributed by atoms with Gasteiger partial charge in [-0.05, 0) is 43.6 Å². The highest BCUT2D eigenvalue weighted by Gasteiger charge is 2.57. The molecular formula is C21H21BrO4. The van der Waals surface area contributed by atoms with E-state index in [1.807, 2.05) is 13.0 Å².